The minimum absolute atomic E-state index is 0.0950. The molecule has 2 aromatic heterocycles. The summed E-state index contributed by atoms with van der Waals surface area (Å²) < 4.78 is 7.26. The number of tetrazole rings is 1. The molecule has 3 heterocycles. The van der Waals surface area contributed by atoms with Crippen molar-refractivity contribution in [1.82, 2.24) is 30.0 Å². The van der Waals surface area contributed by atoms with E-state index in [4.69, 9.17) is 16.0 Å². The standard InChI is InChI=1S/C18H21ClN6O/c1-23-8-10-24(11-9-23)17(15-6-2-3-7-16(15)19)18-20-21-22-25(18)13-14-5-4-12-26-14/h2-7,12,17H,8-11,13H2,1H3. The fraction of sp³-hybridized carbons (Fsp3) is 0.389. The van der Waals surface area contributed by atoms with E-state index in [-0.39, 0.29) is 6.04 Å². The highest BCUT2D eigenvalue weighted by Crippen LogP contribution is 2.32. The van der Waals surface area contributed by atoms with E-state index in [2.05, 4.69) is 38.4 Å². The van der Waals surface area contributed by atoms with Crippen LogP contribution in [0.2, 0.25) is 5.02 Å². The minimum atomic E-state index is -0.0950. The van der Waals surface area contributed by atoms with E-state index in [0.29, 0.717) is 6.54 Å². The zero-order valence-corrected chi connectivity index (χ0v) is 15.4. The second kappa shape index (κ2) is 7.57. The number of aromatic nitrogens is 4. The van der Waals surface area contributed by atoms with Gasteiger partial charge in [-0.05, 0) is 41.2 Å². The van der Waals surface area contributed by atoms with Gasteiger partial charge in [0.2, 0.25) is 0 Å². The molecule has 0 spiro atoms. The van der Waals surface area contributed by atoms with Gasteiger partial charge in [0.05, 0.1) is 12.3 Å². The lowest BCUT2D eigenvalue weighted by Gasteiger charge is -2.37. The van der Waals surface area contributed by atoms with Crippen molar-refractivity contribution in [3.8, 4) is 0 Å². The summed E-state index contributed by atoms with van der Waals surface area (Å²) in [5.74, 6) is 1.59. The summed E-state index contributed by atoms with van der Waals surface area (Å²) in [6.07, 6.45) is 1.66. The fourth-order valence-corrected chi connectivity index (χ4v) is 3.59. The fourth-order valence-electron chi connectivity index (χ4n) is 3.35. The van der Waals surface area contributed by atoms with Crippen LogP contribution in [0.1, 0.15) is 23.2 Å². The second-order valence-corrected chi connectivity index (χ2v) is 6.94. The first-order valence-electron chi connectivity index (χ1n) is 8.68. The highest BCUT2D eigenvalue weighted by atomic mass is 35.5. The van der Waals surface area contributed by atoms with E-state index in [1.165, 1.54) is 0 Å². The SMILES string of the molecule is CN1CCN(C(c2ccccc2Cl)c2nnnn2Cc2ccco2)CC1. The number of rotatable bonds is 5. The molecular weight excluding hydrogens is 352 g/mol. The van der Waals surface area contributed by atoms with Gasteiger partial charge in [-0.15, -0.1) is 5.10 Å². The van der Waals surface area contributed by atoms with Crippen LogP contribution >= 0.6 is 11.6 Å². The summed E-state index contributed by atoms with van der Waals surface area (Å²) >= 11 is 6.55. The van der Waals surface area contributed by atoms with E-state index < -0.39 is 0 Å². The third-order valence-corrected chi connectivity index (χ3v) is 5.14. The van der Waals surface area contributed by atoms with Crippen LogP contribution in [0.5, 0.6) is 0 Å². The Balaban J connectivity index is 1.72. The first-order chi connectivity index (χ1) is 12.7. The molecule has 0 amide bonds. The number of likely N-dealkylation sites (N-methyl/N-ethyl adjacent to an activating group) is 1. The molecule has 1 aliphatic rings. The topological polar surface area (TPSA) is 63.2 Å². The number of furan rings is 1. The normalized spacial score (nSPS) is 17.5. The summed E-state index contributed by atoms with van der Waals surface area (Å²) in [6.45, 7) is 4.35. The average Bonchev–Trinajstić information content (AvgIpc) is 3.31. The Labute approximate surface area is 157 Å². The zero-order chi connectivity index (χ0) is 17.9. The predicted molar refractivity (Wildman–Crippen MR) is 98.0 cm³/mol. The Morgan fingerprint density at radius 1 is 1.12 bits per heavy atom. The smallest absolute Gasteiger partial charge is 0.173 e. The van der Waals surface area contributed by atoms with E-state index in [0.717, 1.165) is 48.3 Å². The van der Waals surface area contributed by atoms with Crippen molar-refractivity contribution in [2.45, 2.75) is 12.6 Å². The number of hydrogen-bond acceptors (Lipinski definition) is 6. The van der Waals surface area contributed by atoms with Crippen molar-refractivity contribution in [3.05, 3.63) is 64.8 Å². The maximum absolute atomic E-state index is 6.55. The summed E-state index contributed by atoms with van der Waals surface area (Å²) in [6, 6.07) is 11.6. The van der Waals surface area contributed by atoms with E-state index >= 15 is 0 Å². The maximum Gasteiger partial charge on any atom is 0.173 e. The Hall–Kier alpha value is -2.22. The van der Waals surface area contributed by atoms with Crippen molar-refractivity contribution in [2.24, 2.45) is 0 Å². The highest BCUT2D eigenvalue weighted by Gasteiger charge is 2.31. The molecule has 1 aromatic carbocycles. The molecule has 1 fully saturated rings. The molecule has 1 unspecified atom stereocenters. The Bertz CT molecular complexity index is 841. The van der Waals surface area contributed by atoms with Crippen LogP contribution in [0.4, 0.5) is 0 Å². The van der Waals surface area contributed by atoms with Crippen LogP contribution in [0.3, 0.4) is 0 Å². The molecule has 1 atom stereocenters. The summed E-state index contributed by atoms with van der Waals surface area (Å²) in [5.41, 5.74) is 1.02. The van der Waals surface area contributed by atoms with Gasteiger partial charge in [0, 0.05) is 31.2 Å². The third kappa shape index (κ3) is 3.51. The minimum Gasteiger partial charge on any atom is -0.467 e. The number of nitrogens with zero attached hydrogens (tertiary/aromatic N) is 6. The summed E-state index contributed by atoms with van der Waals surface area (Å²) in [4.78, 5) is 4.72. The predicted octanol–water partition coefficient (Wildman–Crippen LogP) is 2.30. The van der Waals surface area contributed by atoms with Gasteiger partial charge in [-0.2, -0.15) is 0 Å². The average molecular weight is 373 g/mol. The van der Waals surface area contributed by atoms with Crippen LogP contribution in [-0.4, -0.2) is 63.2 Å². The molecule has 0 aliphatic carbocycles. The molecule has 0 saturated carbocycles. The van der Waals surface area contributed by atoms with Gasteiger partial charge in [0.1, 0.15) is 12.3 Å². The quantitative estimate of drug-likeness (QED) is 0.684. The lowest BCUT2D eigenvalue weighted by atomic mass is 10.0. The molecule has 0 N–H and O–H groups in total. The van der Waals surface area contributed by atoms with Crippen molar-refractivity contribution < 1.29 is 4.42 Å². The summed E-state index contributed by atoms with van der Waals surface area (Å²) in [5, 5.41) is 13.2. The van der Waals surface area contributed by atoms with Crippen molar-refractivity contribution in [1.29, 1.82) is 0 Å². The lowest BCUT2D eigenvalue weighted by molar-refractivity contribution is 0.121. The zero-order valence-electron chi connectivity index (χ0n) is 14.6. The Morgan fingerprint density at radius 2 is 1.92 bits per heavy atom. The first kappa shape index (κ1) is 17.2. The number of piperazine rings is 1. The molecular formula is C18H21ClN6O. The number of halogens is 1. The molecule has 0 radical (unpaired) electrons. The largest absolute Gasteiger partial charge is 0.467 e. The van der Waals surface area contributed by atoms with Crippen molar-refractivity contribution in [2.75, 3.05) is 33.2 Å². The molecule has 26 heavy (non-hydrogen) atoms. The van der Waals surface area contributed by atoms with Gasteiger partial charge in [0.25, 0.3) is 0 Å². The van der Waals surface area contributed by atoms with Crippen LogP contribution in [0, 0.1) is 0 Å². The van der Waals surface area contributed by atoms with Gasteiger partial charge in [-0.3, -0.25) is 4.90 Å². The molecule has 0 bridgehead atoms. The first-order valence-corrected chi connectivity index (χ1v) is 9.05. The Morgan fingerprint density at radius 3 is 2.65 bits per heavy atom. The second-order valence-electron chi connectivity index (χ2n) is 6.54. The van der Waals surface area contributed by atoms with E-state index in [1.807, 2.05) is 30.3 Å². The van der Waals surface area contributed by atoms with E-state index in [9.17, 15) is 0 Å². The number of benzene rings is 1. The molecule has 136 valence electrons. The van der Waals surface area contributed by atoms with Crippen LogP contribution in [0.25, 0.3) is 0 Å². The van der Waals surface area contributed by atoms with Gasteiger partial charge in [0.15, 0.2) is 5.82 Å². The molecule has 3 aromatic rings. The Kier molecular flexibility index (Phi) is 5.01. The monoisotopic (exact) mass is 372 g/mol. The lowest BCUT2D eigenvalue weighted by Crippen LogP contribution is -2.46. The maximum atomic E-state index is 6.55. The van der Waals surface area contributed by atoms with E-state index in [1.54, 1.807) is 10.9 Å². The van der Waals surface area contributed by atoms with Gasteiger partial charge in [-0.1, -0.05) is 29.8 Å². The molecule has 1 aliphatic heterocycles. The molecule has 7 nitrogen and oxygen atoms in total. The van der Waals surface area contributed by atoms with Gasteiger partial charge >= 0.3 is 0 Å². The van der Waals surface area contributed by atoms with Crippen molar-refractivity contribution in [3.63, 3.8) is 0 Å². The highest BCUT2D eigenvalue weighted by molar-refractivity contribution is 6.31. The molecule has 4 rings (SSSR count). The van der Waals surface area contributed by atoms with Crippen LogP contribution in [-0.2, 0) is 6.54 Å². The van der Waals surface area contributed by atoms with Gasteiger partial charge in [-0.25, -0.2) is 4.68 Å². The molecule has 8 heteroatoms. The molecule has 1 saturated heterocycles. The number of hydrogen-bond donors (Lipinski definition) is 0. The third-order valence-electron chi connectivity index (χ3n) is 4.79. The van der Waals surface area contributed by atoms with Crippen LogP contribution in [0.15, 0.2) is 47.1 Å². The van der Waals surface area contributed by atoms with Crippen LogP contribution < -0.4 is 0 Å². The summed E-state index contributed by atoms with van der Waals surface area (Å²) in [7, 11) is 2.14. The van der Waals surface area contributed by atoms with Crippen molar-refractivity contribution >= 4 is 11.6 Å². The van der Waals surface area contributed by atoms with Gasteiger partial charge < -0.3 is 9.32 Å².